The number of hydrogen-bond acceptors (Lipinski definition) is 6. The van der Waals surface area contributed by atoms with Gasteiger partial charge in [0.1, 0.15) is 11.4 Å². The number of fused-ring (bicyclic) bond motifs is 1. The molecule has 1 aliphatic rings. The number of nitrogen functional groups attached to an aromatic ring is 1. The van der Waals surface area contributed by atoms with E-state index in [0.717, 1.165) is 18.5 Å². The molecule has 0 saturated carbocycles. The third kappa shape index (κ3) is 4.40. The van der Waals surface area contributed by atoms with Crippen molar-refractivity contribution in [2.24, 2.45) is 0 Å². The molecule has 1 aromatic rings. The lowest BCUT2D eigenvalue weighted by molar-refractivity contribution is 0.0255. The van der Waals surface area contributed by atoms with Gasteiger partial charge >= 0.3 is 6.01 Å². The number of rotatable bonds is 7. The summed E-state index contributed by atoms with van der Waals surface area (Å²) in [6.45, 7) is 6.62. The summed E-state index contributed by atoms with van der Waals surface area (Å²) in [4.78, 5) is 23.0. The molecule has 0 saturated heterocycles. The van der Waals surface area contributed by atoms with Gasteiger partial charge in [-0.05, 0) is 32.8 Å². The van der Waals surface area contributed by atoms with Gasteiger partial charge in [-0.1, -0.05) is 19.1 Å². The molecule has 0 aliphatic carbocycles. The van der Waals surface area contributed by atoms with E-state index in [1.54, 1.807) is 12.0 Å². The first-order chi connectivity index (χ1) is 12.3. The fourth-order valence-corrected chi connectivity index (χ4v) is 2.73. The highest BCUT2D eigenvalue weighted by Crippen LogP contribution is 2.27. The lowest BCUT2D eigenvalue weighted by atomic mass is 10.0. The molecule has 2 rings (SSSR count). The lowest BCUT2D eigenvalue weighted by Crippen LogP contribution is -2.38. The fourth-order valence-electron chi connectivity index (χ4n) is 2.73. The molecular weight excluding hydrogens is 332 g/mol. The molecule has 0 spiro atoms. The Hall–Kier alpha value is -2.41. The molecule has 2 N–H and O–H groups in total. The van der Waals surface area contributed by atoms with E-state index in [0.29, 0.717) is 24.2 Å². The van der Waals surface area contributed by atoms with Crippen LogP contribution in [-0.4, -0.2) is 47.1 Å². The second-order valence-electron chi connectivity index (χ2n) is 6.73. The van der Waals surface area contributed by atoms with Crippen molar-refractivity contribution in [1.82, 2.24) is 14.9 Å². The van der Waals surface area contributed by atoms with Crippen molar-refractivity contribution >= 4 is 11.7 Å². The Balaban J connectivity index is 2.28. The summed E-state index contributed by atoms with van der Waals surface area (Å²) in [6, 6.07) is 0.188. The number of aromatic nitrogens is 2. The molecule has 142 valence electrons. The van der Waals surface area contributed by atoms with E-state index >= 15 is 0 Å². The summed E-state index contributed by atoms with van der Waals surface area (Å²) in [6.07, 6.45) is 8.18. The molecule has 2 heterocycles. The zero-order valence-corrected chi connectivity index (χ0v) is 16.2. The smallest absolute Gasteiger partial charge is 0.318 e. The van der Waals surface area contributed by atoms with Crippen molar-refractivity contribution < 1.29 is 14.3 Å². The molecule has 26 heavy (non-hydrogen) atoms. The summed E-state index contributed by atoms with van der Waals surface area (Å²) in [5, 5.41) is 0. The first-order valence-corrected chi connectivity index (χ1v) is 8.77. The largest absolute Gasteiger partial charge is 0.467 e. The Morgan fingerprint density at radius 1 is 1.35 bits per heavy atom. The van der Waals surface area contributed by atoms with Crippen molar-refractivity contribution in [3.63, 3.8) is 0 Å². The van der Waals surface area contributed by atoms with E-state index in [1.165, 1.54) is 7.11 Å². The molecule has 0 bridgehead atoms. The van der Waals surface area contributed by atoms with Crippen LogP contribution in [0.2, 0.25) is 0 Å². The minimum atomic E-state index is -0.249. The number of hydrogen-bond donors (Lipinski definition) is 1. The number of anilines is 1. The van der Waals surface area contributed by atoms with Crippen molar-refractivity contribution in [3.8, 4) is 6.01 Å². The van der Waals surface area contributed by atoms with Crippen LogP contribution in [0.1, 0.15) is 49.7 Å². The Morgan fingerprint density at radius 2 is 2.08 bits per heavy atom. The lowest BCUT2D eigenvalue weighted by Gasteiger charge is -2.29. The van der Waals surface area contributed by atoms with Crippen LogP contribution >= 0.6 is 0 Å². The predicted octanol–water partition coefficient (Wildman–Crippen LogP) is 2.73. The molecule has 0 unspecified atom stereocenters. The number of carbonyl (C=O) groups is 1. The monoisotopic (exact) mass is 360 g/mol. The minimum absolute atomic E-state index is 0.155. The highest BCUT2D eigenvalue weighted by atomic mass is 16.5. The van der Waals surface area contributed by atoms with Gasteiger partial charge in [-0.2, -0.15) is 9.97 Å². The molecular formula is C19H28N4O3. The highest BCUT2D eigenvalue weighted by Gasteiger charge is 2.30. The summed E-state index contributed by atoms with van der Waals surface area (Å²) in [7, 11) is 3.17. The molecule has 0 atom stereocenters. The Labute approximate surface area is 154 Å². The fraction of sp³-hybridized carbons (Fsp3) is 0.526. The average molecular weight is 360 g/mol. The number of ether oxygens (including phenoxy) is 2. The molecule has 7 heteroatoms. The second-order valence-corrected chi connectivity index (χ2v) is 6.73. The van der Waals surface area contributed by atoms with Crippen LogP contribution in [0, 0.1) is 0 Å². The number of amides is 1. The summed E-state index contributed by atoms with van der Waals surface area (Å²) >= 11 is 0. The number of nitrogens with two attached hydrogens (primary N) is 1. The quantitative estimate of drug-likeness (QED) is 0.752. The van der Waals surface area contributed by atoms with E-state index in [1.807, 2.05) is 39.0 Å². The van der Waals surface area contributed by atoms with Gasteiger partial charge in [-0.15, -0.1) is 0 Å². The van der Waals surface area contributed by atoms with Gasteiger partial charge in [-0.25, -0.2) is 0 Å². The molecule has 0 aromatic carbocycles. The van der Waals surface area contributed by atoms with Crippen LogP contribution in [0.5, 0.6) is 6.01 Å². The normalized spacial score (nSPS) is 15.5. The highest BCUT2D eigenvalue weighted by molar-refractivity contribution is 6.01. The number of carbonyl (C=O) groups excluding carboxylic acids is 1. The van der Waals surface area contributed by atoms with Crippen LogP contribution < -0.4 is 10.5 Å². The van der Waals surface area contributed by atoms with Crippen molar-refractivity contribution in [1.29, 1.82) is 0 Å². The first-order valence-electron chi connectivity index (χ1n) is 8.77. The minimum Gasteiger partial charge on any atom is -0.467 e. The van der Waals surface area contributed by atoms with Gasteiger partial charge in [0.2, 0.25) is 0 Å². The third-order valence-corrected chi connectivity index (χ3v) is 4.38. The second kappa shape index (κ2) is 8.31. The topological polar surface area (TPSA) is 90.6 Å². The maximum Gasteiger partial charge on any atom is 0.318 e. The molecule has 7 nitrogen and oxygen atoms in total. The molecule has 1 amide bonds. The van der Waals surface area contributed by atoms with E-state index in [9.17, 15) is 4.79 Å². The Morgan fingerprint density at radius 3 is 2.69 bits per heavy atom. The van der Waals surface area contributed by atoms with Crippen molar-refractivity contribution in [3.05, 3.63) is 35.2 Å². The average Bonchev–Trinajstić information content (AvgIpc) is 2.61. The number of nitrogens with zero attached hydrogens (tertiary/aromatic N) is 3. The predicted molar refractivity (Wildman–Crippen MR) is 101 cm³/mol. The van der Waals surface area contributed by atoms with Crippen LogP contribution in [0.4, 0.5) is 5.82 Å². The Bertz CT molecular complexity index is 726. The van der Waals surface area contributed by atoms with E-state index < -0.39 is 0 Å². The summed E-state index contributed by atoms with van der Waals surface area (Å²) < 4.78 is 10.5. The molecule has 1 aliphatic heterocycles. The molecule has 0 fully saturated rings. The van der Waals surface area contributed by atoms with E-state index in [2.05, 4.69) is 9.97 Å². The number of methoxy groups -OCH3 is 2. The van der Waals surface area contributed by atoms with Crippen LogP contribution in [-0.2, 0) is 11.2 Å². The molecule has 1 aromatic heterocycles. The third-order valence-electron chi connectivity index (χ3n) is 4.38. The Kier molecular flexibility index (Phi) is 6.37. The summed E-state index contributed by atoms with van der Waals surface area (Å²) in [5.41, 5.74) is 7.59. The standard InChI is InChI=1S/C19H28N4O3/c1-6-8-13(9-7-11-19(2,3)26-5)23-12-10-14-15(17(23)24)16(20)22-18(21-14)25-4/h7-9H,6,10-12H2,1-5H3,(H2,20,21,22)/b9-7-,13-8+. The summed E-state index contributed by atoms with van der Waals surface area (Å²) in [5.74, 6) is -0.0244. The maximum atomic E-state index is 13.0. The van der Waals surface area contributed by atoms with Crippen LogP contribution in [0.3, 0.4) is 0 Å². The van der Waals surface area contributed by atoms with Gasteiger partial charge in [0, 0.05) is 25.8 Å². The van der Waals surface area contributed by atoms with Gasteiger partial charge in [0.15, 0.2) is 0 Å². The van der Waals surface area contributed by atoms with Crippen molar-refractivity contribution in [2.75, 3.05) is 26.5 Å². The zero-order valence-electron chi connectivity index (χ0n) is 16.2. The van der Waals surface area contributed by atoms with Gasteiger partial charge in [0.25, 0.3) is 5.91 Å². The molecule has 0 radical (unpaired) electrons. The van der Waals surface area contributed by atoms with E-state index in [-0.39, 0.29) is 23.3 Å². The number of allylic oxidation sites excluding steroid dienone is 2. The van der Waals surface area contributed by atoms with Gasteiger partial charge < -0.3 is 20.1 Å². The van der Waals surface area contributed by atoms with Gasteiger partial charge in [0.05, 0.1) is 18.4 Å². The SMILES string of the molecule is CC/C=C(\C=C/CC(C)(C)OC)N1CCc2nc(OC)nc(N)c2C1=O. The van der Waals surface area contributed by atoms with Crippen LogP contribution in [0.25, 0.3) is 0 Å². The first kappa shape index (κ1) is 19.9. The maximum absolute atomic E-state index is 13.0. The van der Waals surface area contributed by atoms with Crippen molar-refractivity contribution in [2.45, 2.75) is 45.6 Å². The van der Waals surface area contributed by atoms with Crippen LogP contribution in [0.15, 0.2) is 23.9 Å². The van der Waals surface area contributed by atoms with Gasteiger partial charge in [-0.3, -0.25) is 4.79 Å². The van der Waals surface area contributed by atoms with E-state index in [4.69, 9.17) is 15.2 Å². The zero-order chi connectivity index (χ0) is 19.3.